The van der Waals surface area contributed by atoms with Crippen molar-refractivity contribution in [3.05, 3.63) is 40.4 Å². The lowest BCUT2D eigenvalue weighted by atomic mass is 10.1. The van der Waals surface area contributed by atoms with E-state index in [0.29, 0.717) is 42.6 Å². The number of hydrogen-bond acceptors (Lipinski definition) is 7. The number of hydrogen-bond donors (Lipinski definition) is 1. The zero-order valence-corrected chi connectivity index (χ0v) is 20.4. The molecule has 1 N–H and O–H groups in total. The second-order valence-corrected chi connectivity index (χ2v) is 7.79. The predicted molar refractivity (Wildman–Crippen MR) is 126 cm³/mol. The predicted octanol–water partition coefficient (Wildman–Crippen LogP) is 3.45. The minimum absolute atomic E-state index is 0.101. The minimum Gasteiger partial charge on any atom is -0.491 e. The SMILES string of the molecule is CCn1nc(C(C)C)c(OCC(C)C)cc1=O.O=CNc1nc2ccc(OI)cn2n1. The van der Waals surface area contributed by atoms with Crippen LogP contribution in [-0.2, 0) is 11.3 Å². The highest BCUT2D eigenvalue weighted by molar-refractivity contribution is 14.1. The number of carbonyl (C=O) groups is 1. The van der Waals surface area contributed by atoms with Crippen molar-refractivity contribution in [1.29, 1.82) is 0 Å². The molecule has 0 atom stereocenters. The van der Waals surface area contributed by atoms with Gasteiger partial charge in [0.15, 0.2) is 34.4 Å². The summed E-state index contributed by atoms with van der Waals surface area (Å²) in [6.45, 7) is 11.4. The number of halogens is 1. The number of aryl methyl sites for hydroxylation is 1. The van der Waals surface area contributed by atoms with E-state index in [4.69, 9.17) is 7.80 Å². The molecule has 0 saturated heterocycles. The van der Waals surface area contributed by atoms with Gasteiger partial charge in [-0.1, -0.05) is 27.7 Å². The average molecular weight is 542 g/mol. The van der Waals surface area contributed by atoms with Crippen LogP contribution in [0, 0.1) is 5.92 Å². The average Bonchev–Trinajstić information content (AvgIpc) is 3.14. The second kappa shape index (κ2) is 11.6. The number of aromatic nitrogens is 5. The number of ether oxygens (including phenoxy) is 1. The topological polar surface area (TPSA) is 113 Å². The van der Waals surface area contributed by atoms with Crippen LogP contribution >= 0.6 is 23.0 Å². The molecule has 0 fully saturated rings. The standard InChI is InChI=1S/C13H22N2O2.C7H5IN4O2/c1-6-15-12(16)7-11(17-8-9(2)3)13(14-15)10(4)5;8-14-5-1-2-6-10-7(9-4-13)11-12(6)3-5/h7,9-10H,6,8H2,1-5H3;1-4H,(H,9,11,13). The van der Waals surface area contributed by atoms with E-state index in [-0.39, 0.29) is 17.4 Å². The van der Waals surface area contributed by atoms with Crippen LogP contribution in [0.1, 0.15) is 46.2 Å². The van der Waals surface area contributed by atoms with Gasteiger partial charge >= 0.3 is 0 Å². The van der Waals surface area contributed by atoms with Crippen LogP contribution < -0.4 is 18.7 Å². The molecular formula is C20H27IN6O4. The van der Waals surface area contributed by atoms with Gasteiger partial charge in [-0.25, -0.2) is 9.20 Å². The van der Waals surface area contributed by atoms with Crippen LogP contribution in [0.2, 0.25) is 0 Å². The van der Waals surface area contributed by atoms with Gasteiger partial charge in [0.05, 0.1) is 12.8 Å². The Balaban J connectivity index is 0.000000224. The van der Waals surface area contributed by atoms with Crippen molar-refractivity contribution in [3.8, 4) is 11.5 Å². The first-order valence-corrected chi connectivity index (χ1v) is 10.8. The summed E-state index contributed by atoms with van der Waals surface area (Å²) < 4.78 is 13.6. The van der Waals surface area contributed by atoms with Gasteiger partial charge in [0.2, 0.25) is 12.4 Å². The Morgan fingerprint density at radius 3 is 2.55 bits per heavy atom. The van der Waals surface area contributed by atoms with Gasteiger partial charge in [-0.15, -0.1) is 5.10 Å². The number of pyridine rings is 1. The summed E-state index contributed by atoms with van der Waals surface area (Å²) in [6.07, 6.45) is 2.20. The Morgan fingerprint density at radius 2 is 1.97 bits per heavy atom. The molecule has 168 valence electrons. The molecule has 1 amide bonds. The molecule has 3 rings (SSSR count). The molecule has 31 heavy (non-hydrogen) atoms. The van der Waals surface area contributed by atoms with Crippen molar-refractivity contribution in [2.45, 2.75) is 47.1 Å². The summed E-state index contributed by atoms with van der Waals surface area (Å²) in [6, 6.07) is 5.06. The van der Waals surface area contributed by atoms with Crippen molar-refractivity contribution in [1.82, 2.24) is 24.4 Å². The fourth-order valence-corrected chi connectivity index (χ4v) is 2.77. The number of nitrogens with one attached hydrogen (secondary N) is 1. The zero-order chi connectivity index (χ0) is 23.0. The molecule has 3 aromatic heterocycles. The van der Waals surface area contributed by atoms with Crippen molar-refractivity contribution >= 4 is 41.0 Å². The molecule has 10 nitrogen and oxygen atoms in total. The zero-order valence-electron chi connectivity index (χ0n) is 18.2. The number of carbonyl (C=O) groups excluding carboxylic acids is 1. The summed E-state index contributed by atoms with van der Waals surface area (Å²) in [7, 11) is 0. The lowest BCUT2D eigenvalue weighted by molar-refractivity contribution is -0.105. The molecule has 3 aromatic rings. The second-order valence-electron chi connectivity index (χ2n) is 7.35. The van der Waals surface area contributed by atoms with Crippen LogP contribution in [0.15, 0.2) is 29.2 Å². The maximum atomic E-state index is 11.7. The van der Waals surface area contributed by atoms with E-state index in [1.165, 1.54) is 9.20 Å². The molecule has 0 aliphatic heterocycles. The maximum Gasteiger partial charge on any atom is 0.270 e. The number of anilines is 1. The quantitative estimate of drug-likeness (QED) is 0.343. The van der Waals surface area contributed by atoms with Gasteiger partial charge in [-0.3, -0.25) is 14.9 Å². The first kappa shape index (κ1) is 24.6. The van der Waals surface area contributed by atoms with Crippen molar-refractivity contribution < 1.29 is 12.6 Å². The molecule has 0 aliphatic rings. The van der Waals surface area contributed by atoms with Crippen molar-refractivity contribution in [2.24, 2.45) is 5.92 Å². The van der Waals surface area contributed by atoms with Crippen LogP contribution in [0.5, 0.6) is 11.5 Å². The molecule has 11 heteroatoms. The number of rotatable bonds is 8. The van der Waals surface area contributed by atoms with E-state index in [2.05, 4.69) is 48.2 Å². The lowest BCUT2D eigenvalue weighted by Crippen LogP contribution is -2.24. The van der Waals surface area contributed by atoms with Gasteiger partial charge in [-0.05, 0) is 25.0 Å². The number of fused-ring (bicyclic) bond motifs is 1. The molecule has 0 aliphatic carbocycles. The Morgan fingerprint density at radius 1 is 1.23 bits per heavy atom. The Kier molecular flexibility index (Phi) is 9.21. The van der Waals surface area contributed by atoms with E-state index in [0.717, 1.165) is 5.69 Å². The third-order valence-corrected chi connectivity index (χ3v) is 4.50. The molecule has 3 heterocycles. The van der Waals surface area contributed by atoms with E-state index < -0.39 is 0 Å². The van der Waals surface area contributed by atoms with Gasteiger partial charge < -0.3 is 7.80 Å². The molecule has 0 unspecified atom stereocenters. The Hall–Kier alpha value is -2.70. The van der Waals surface area contributed by atoms with Gasteiger partial charge in [0.1, 0.15) is 11.4 Å². The smallest absolute Gasteiger partial charge is 0.270 e. The summed E-state index contributed by atoms with van der Waals surface area (Å²) in [5.74, 6) is 2.24. The van der Waals surface area contributed by atoms with Crippen molar-refractivity contribution in [3.63, 3.8) is 0 Å². The molecular weight excluding hydrogens is 515 g/mol. The normalized spacial score (nSPS) is 10.7. The Bertz CT molecular complexity index is 1060. The highest BCUT2D eigenvalue weighted by atomic mass is 127. The van der Waals surface area contributed by atoms with Crippen LogP contribution in [-0.4, -0.2) is 37.4 Å². The summed E-state index contributed by atoms with van der Waals surface area (Å²) >= 11 is 1.78. The Labute approximate surface area is 194 Å². The van der Waals surface area contributed by atoms with Crippen LogP contribution in [0.25, 0.3) is 5.65 Å². The van der Waals surface area contributed by atoms with E-state index >= 15 is 0 Å². The molecule has 0 spiro atoms. The number of amides is 1. The van der Waals surface area contributed by atoms with Gasteiger partial charge in [0.25, 0.3) is 5.56 Å². The number of nitrogens with zero attached hydrogens (tertiary/aromatic N) is 5. The lowest BCUT2D eigenvalue weighted by Gasteiger charge is -2.15. The summed E-state index contributed by atoms with van der Waals surface area (Å²) in [4.78, 5) is 25.9. The molecule has 0 bridgehead atoms. The summed E-state index contributed by atoms with van der Waals surface area (Å²) in [5, 5.41) is 10.7. The summed E-state index contributed by atoms with van der Waals surface area (Å²) in [5.41, 5.74) is 1.40. The van der Waals surface area contributed by atoms with Crippen LogP contribution in [0.3, 0.4) is 0 Å². The van der Waals surface area contributed by atoms with E-state index in [9.17, 15) is 9.59 Å². The first-order chi connectivity index (χ1) is 14.8. The monoisotopic (exact) mass is 542 g/mol. The van der Waals surface area contributed by atoms with Gasteiger partial charge in [0, 0.05) is 18.5 Å². The first-order valence-electron chi connectivity index (χ1n) is 9.89. The highest BCUT2D eigenvalue weighted by Crippen LogP contribution is 2.22. The van der Waals surface area contributed by atoms with Crippen molar-refractivity contribution in [2.75, 3.05) is 11.9 Å². The minimum atomic E-state index is -0.101. The molecule has 0 radical (unpaired) electrons. The largest absolute Gasteiger partial charge is 0.491 e. The molecule has 0 saturated carbocycles. The van der Waals surface area contributed by atoms with E-state index in [1.807, 2.05) is 6.92 Å². The van der Waals surface area contributed by atoms with Gasteiger partial charge in [-0.2, -0.15) is 10.1 Å². The van der Waals surface area contributed by atoms with E-state index in [1.54, 1.807) is 47.4 Å². The fourth-order valence-electron chi connectivity index (χ4n) is 2.51. The third-order valence-electron chi connectivity index (χ3n) is 3.99. The molecule has 0 aromatic carbocycles. The highest BCUT2D eigenvalue weighted by Gasteiger charge is 2.13. The third kappa shape index (κ3) is 6.91. The van der Waals surface area contributed by atoms with Crippen LogP contribution in [0.4, 0.5) is 5.95 Å². The maximum absolute atomic E-state index is 11.7. The fraction of sp³-hybridized carbons (Fsp3) is 0.450.